The van der Waals surface area contributed by atoms with Gasteiger partial charge in [0.15, 0.2) is 5.11 Å². The van der Waals surface area contributed by atoms with Crippen molar-refractivity contribution in [1.29, 1.82) is 0 Å². The van der Waals surface area contributed by atoms with E-state index in [2.05, 4.69) is 0 Å². The van der Waals surface area contributed by atoms with E-state index in [4.69, 9.17) is 17.0 Å². The monoisotopic (exact) mass is 515 g/mol. The Balaban J connectivity index is 1.75. The number of esters is 1. The fourth-order valence-electron chi connectivity index (χ4n) is 4.45. The molecule has 1 aromatic heterocycles. The van der Waals surface area contributed by atoms with Crippen LogP contribution in [-0.2, 0) is 14.3 Å². The van der Waals surface area contributed by atoms with Crippen LogP contribution in [0.1, 0.15) is 47.6 Å². The highest BCUT2D eigenvalue weighted by molar-refractivity contribution is 7.80. The fraction of sp³-hybridized carbons (Fsp3) is 0.241. The van der Waals surface area contributed by atoms with Gasteiger partial charge in [0.1, 0.15) is 5.57 Å². The Morgan fingerprint density at radius 3 is 2.24 bits per heavy atom. The number of amides is 2. The second-order valence-electron chi connectivity index (χ2n) is 8.70. The maximum Gasteiger partial charge on any atom is 0.338 e. The van der Waals surface area contributed by atoms with E-state index in [1.54, 1.807) is 37.3 Å². The van der Waals surface area contributed by atoms with E-state index in [9.17, 15) is 14.4 Å². The van der Waals surface area contributed by atoms with Crippen molar-refractivity contribution in [2.24, 2.45) is 0 Å². The molecule has 3 aromatic rings. The molecule has 0 atom stereocenters. The van der Waals surface area contributed by atoms with E-state index in [1.807, 2.05) is 61.7 Å². The summed E-state index contributed by atoms with van der Waals surface area (Å²) in [6.07, 6.45) is 2.35. The van der Waals surface area contributed by atoms with Crippen LogP contribution >= 0.6 is 12.2 Å². The quantitative estimate of drug-likeness (QED) is 0.187. The Morgan fingerprint density at radius 1 is 0.946 bits per heavy atom. The predicted molar refractivity (Wildman–Crippen MR) is 148 cm³/mol. The Morgan fingerprint density at radius 2 is 1.62 bits per heavy atom. The molecule has 0 radical (unpaired) electrons. The molecule has 2 aromatic carbocycles. The highest BCUT2D eigenvalue weighted by Crippen LogP contribution is 2.29. The topological polar surface area (TPSA) is 71.9 Å². The summed E-state index contributed by atoms with van der Waals surface area (Å²) in [5.41, 5.74) is 4.53. The zero-order valence-corrected chi connectivity index (χ0v) is 22.2. The third kappa shape index (κ3) is 4.97. The van der Waals surface area contributed by atoms with Crippen molar-refractivity contribution < 1.29 is 19.1 Å². The molecule has 190 valence electrons. The Bertz CT molecular complexity index is 1390. The third-order valence-corrected chi connectivity index (χ3v) is 6.60. The maximum absolute atomic E-state index is 13.6. The van der Waals surface area contributed by atoms with Crippen molar-refractivity contribution >= 4 is 46.9 Å². The lowest BCUT2D eigenvalue weighted by Crippen LogP contribution is -2.56. The van der Waals surface area contributed by atoms with Gasteiger partial charge in [0, 0.05) is 23.6 Å². The molecule has 0 unspecified atom stereocenters. The molecule has 1 aliphatic heterocycles. The minimum absolute atomic E-state index is 0.0591. The number of anilines is 1. The van der Waals surface area contributed by atoms with E-state index < -0.39 is 11.8 Å². The minimum Gasteiger partial charge on any atom is -0.462 e. The van der Waals surface area contributed by atoms with Crippen LogP contribution in [0.25, 0.3) is 11.8 Å². The fourth-order valence-corrected chi connectivity index (χ4v) is 4.81. The molecular formula is C29H29N3O4S. The Labute approximate surface area is 221 Å². The molecule has 7 nitrogen and oxygen atoms in total. The van der Waals surface area contributed by atoms with Crippen LogP contribution < -0.4 is 4.90 Å². The molecule has 37 heavy (non-hydrogen) atoms. The number of carbonyl (C=O) groups is 3. The van der Waals surface area contributed by atoms with Crippen molar-refractivity contribution in [3.05, 3.63) is 88.8 Å². The number of hydrogen-bond donors (Lipinski definition) is 0. The number of nitrogens with zero attached hydrogens (tertiary/aromatic N) is 3. The van der Waals surface area contributed by atoms with Gasteiger partial charge in [-0.1, -0.05) is 25.1 Å². The third-order valence-electron chi connectivity index (χ3n) is 6.20. The predicted octanol–water partition coefficient (Wildman–Crippen LogP) is 5.22. The van der Waals surface area contributed by atoms with Gasteiger partial charge >= 0.3 is 5.97 Å². The number of hydrogen-bond acceptors (Lipinski definition) is 5. The zero-order valence-electron chi connectivity index (χ0n) is 21.4. The van der Waals surface area contributed by atoms with Crippen LogP contribution in [0.4, 0.5) is 5.69 Å². The van der Waals surface area contributed by atoms with E-state index in [-0.39, 0.29) is 16.7 Å². The van der Waals surface area contributed by atoms with Crippen molar-refractivity contribution in [1.82, 2.24) is 9.47 Å². The van der Waals surface area contributed by atoms with Crippen LogP contribution in [0.15, 0.2) is 66.2 Å². The van der Waals surface area contributed by atoms with Gasteiger partial charge < -0.3 is 9.30 Å². The zero-order chi connectivity index (χ0) is 26.7. The highest BCUT2D eigenvalue weighted by Gasteiger charge is 2.40. The molecule has 1 fully saturated rings. The van der Waals surface area contributed by atoms with Crippen LogP contribution in [0, 0.1) is 13.8 Å². The summed E-state index contributed by atoms with van der Waals surface area (Å²) in [5, 5.41) is 0.187. The first-order valence-corrected chi connectivity index (χ1v) is 12.6. The number of rotatable bonds is 7. The van der Waals surface area contributed by atoms with Gasteiger partial charge in [0.05, 0.1) is 17.9 Å². The lowest BCUT2D eigenvalue weighted by molar-refractivity contribution is -0.127. The standard InChI is InChI=1S/C29H29N3O4S/c1-5-16-30-26(33)25(27(34)32(29(30)37)23-10-8-7-9-11-23)18-22-17-19(3)31(20(22)4)24-14-12-21(13-15-24)28(35)36-6-2/h7-15,17-18H,5-6,16H2,1-4H3/b25-18+. The number of aromatic nitrogens is 1. The van der Waals surface area contributed by atoms with E-state index in [0.717, 1.165) is 22.6 Å². The van der Waals surface area contributed by atoms with Crippen LogP contribution in [0.5, 0.6) is 0 Å². The maximum atomic E-state index is 13.6. The van der Waals surface area contributed by atoms with Crippen LogP contribution in [-0.4, -0.2) is 45.5 Å². The highest BCUT2D eigenvalue weighted by atomic mass is 32.1. The average molecular weight is 516 g/mol. The summed E-state index contributed by atoms with van der Waals surface area (Å²) >= 11 is 5.57. The smallest absolute Gasteiger partial charge is 0.338 e. The first-order chi connectivity index (χ1) is 17.8. The molecule has 0 bridgehead atoms. The minimum atomic E-state index is -0.447. The number of aryl methyl sites for hydroxylation is 1. The SMILES string of the molecule is CCCN1C(=O)/C(=C\c2cc(C)n(-c3ccc(C(=O)OCC)cc3)c2C)C(=O)N(c2ccccc2)C1=S. The Kier molecular flexibility index (Phi) is 7.69. The van der Waals surface area contributed by atoms with Gasteiger partial charge in [-0.15, -0.1) is 0 Å². The van der Waals surface area contributed by atoms with Crippen molar-refractivity contribution in [2.75, 3.05) is 18.1 Å². The lowest BCUT2D eigenvalue weighted by atomic mass is 10.1. The van der Waals surface area contributed by atoms with Crippen LogP contribution in [0.3, 0.4) is 0 Å². The molecule has 0 saturated carbocycles. The Hall–Kier alpha value is -4.04. The molecule has 4 rings (SSSR count). The summed E-state index contributed by atoms with van der Waals surface area (Å²) < 4.78 is 7.09. The van der Waals surface area contributed by atoms with Gasteiger partial charge in [-0.3, -0.25) is 19.4 Å². The van der Waals surface area contributed by atoms with Gasteiger partial charge in [0.2, 0.25) is 0 Å². The summed E-state index contributed by atoms with van der Waals surface area (Å²) in [5.74, 6) is -1.21. The lowest BCUT2D eigenvalue weighted by Gasteiger charge is -2.36. The van der Waals surface area contributed by atoms with E-state index in [1.165, 1.54) is 9.80 Å². The summed E-state index contributed by atoms with van der Waals surface area (Å²) in [7, 11) is 0. The largest absolute Gasteiger partial charge is 0.462 e. The number of benzene rings is 2. The first-order valence-electron chi connectivity index (χ1n) is 12.2. The second kappa shape index (κ2) is 10.9. The molecular weight excluding hydrogens is 486 g/mol. The molecule has 0 N–H and O–H groups in total. The van der Waals surface area contributed by atoms with Crippen molar-refractivity contribution in [3.63, 3.8) is 0 Å². The van der Waals surface area contributed by atoms with Gasteiger partial charge in [0.25, 0.3) is 11.8 Å². The number of ether oxygens (including phenoxy) is 1. The average Bonchev–Trinajstić information content (AvgIpc) is 3.17. The number of para-hydroxylation sites is 1. The molecule has 2 heterocycles. The van der Waals surface area contributed by atoms with E-state index in [0.29, 0.717) is 30.8 Å². The number of carbonyl (C=O) groups excluding carboxylic acids is 3. The summed E-state index contributed by atoms with van der Waals surface area (Å²) in [4.78, 5) is 41.9. The second-order valence-corrected chi connectivity index (χ2v) is 9.07. The summed E-state index contributed by atoms with van der Waals surface area (Å²) in [6, 6.07) is 18.2. The molecule has 0 spiro atoms. The first kappa shape index (κ1) is 26.0. The normalized spacial score (nSPS) is 15.0. The van der Waals surface area contributed by atoms with Gasteiger partial charge in [-0.05, 0) is 93.5 Å². The number of thiocarbonyl (C=S) groups is 1. The van der Waals surface area contributed by atoms with Crippen molar-refractivity contribution in [3.8, 4) is 5.69 Å². The van der Waals surface area contributed by atoms with E-state index >= 15 is 0 Å². The van der Waals surface area contributed by atoms with Crippen molar-refractivity contribution in [2.45, 2.75) is 34.1 Å². The van der Waals surface area contributed by atoms with Gasteiger partial charge in [-0.25, -0.2) is 4.79 Å². The molecule has 1 aliphatic rings. The molecule has 1 saturated heterocycles. The molecule has 8 heteroatoms. The molecule has 2 amide bonds. The summed E-state index contributed by atoms with van der Waals surface area (Å²) in [6.45, 7) is 8.34. The van der Waals surface area contributed by atoms with Gasteiger partial charge in [-0.2, -0.15) is 0 Å². The molecule has 0 aliphatic carbocycles. The van der Waals surface area contributed by atoms with Crippen LogP contribution in [0.2, 0.25) is 0 Å².